The highest BCUT2D eigenvalue weighted by atomic mass is 32.2. The van der Waals surface area contributed by atoms with Gasteiger partial charge in [0, 0.05) is 13.1 Å². The first-order chi connectivity index (χ1) is 15.5. The van der Waals surface area contributed by atoms with Gasteiger partial charge in [0.1, 0.15) is 23.7 Å². The average molecular weight is 478 g/mol. The van der Waals surface area contributed by atoms with Gasteiger partial charge in [0.25, 0.3) is 0 Å². The van der Waals surface area contributed by atoms with Gasteiger partial charge in [0.05, 0.1) is 17.9 Å². The van der Waals surface area contributed by atoms with Gasteiger partial charge >= 0.3 is 11.9 Å². The monoisotopic (exact) mass is 477 g/mol. The van der Waals surface area contributed by atoms with E-state index in [0.717, 1.165) is 22.3 Å². The number of aryl methyl sites for hydroxylation is 3. The van der Waals surface area contributed by atoms with E-state index in [9.17, 15) is 18.0 Å². The fourth-order valence-electron chi connectivity index (χ4n) is 4.22. The van der Waals surface area contributed by atoms with Gasteiger partial charge in [0.15, 0.2) is 0 Å². The van der Waals surface area contributed by atoms with E-state index in [2.05, 4.69) is 4.74 Å². The number of hydrogen-bond donors (Lipinski definition) is 0. The molecular formula is C24H31NO7S. The van der Waals surface area contributed by atoms with Crippen LogP contribution in [-0.2, 0) is 30.9 Å². The summed E-state index contributed by atoms with van der Waals surface area (Å²) in [5, 5.41) is 0. The third-order valence-corrected chi connectivity index (χ3v) is 8.59. The van der Waals surface area contributed by atoms with Crippen molar-refractivity contribution >= 4 is 22.0 Å². The maximum atomic E-state index is 13.4. The molecule has 2 heterocycles. The Bertz CT molecular complexity index is 1150. The number of esters is 2. The number of hydrogen-bond acceptors (Lipinski definition) is 7. The lowest BCUT2D eigenvalue weighted by Crippen LogP contribution is -2.41. The van der Waals surface area contributed by atoms with Crippen molar-refractivity contribution in [3.05, 3.63) is 51.5 Å². The Morgan fingerprint density at radius 1 is 1.03 bits per heavy atom. The van der Waals surface area contributed by atoms with Gasteiger partial charge in [-0.3, -0.25) is 4.79 Å². The molecule has 0 saturated carbocycles. The van der Waals surface area contributed by atoms with Gasteiger partial charge < -0.3 is 13.9 Å². The molecule has 0 radical (unpaired) electrons. The number of carbonyl (C=O) groups excluding carboxylic acids is 2. The summed E-state index contributed by atoms with van der Waals surface area (Å²) in [7, 11) is -2.38. The normalized spacial score (nSPS) is 15.5. The second-order valence-corrected chi connectivity index (χ2v) is 10.4. The number of benzene rings is 1. The molecule has 3 rings (SSSR count). The van der Waals surface area contributed by atoms with Crippen molar-refractivity contribution in [2.45, 2.75) is 59.0 Å². The lowest BCUT2D eigenvalue weighted by atomic mass is 9.98. The van der Waals surface area contributed by atoms with Crippen molar-refractivity contribution in [1.82, 2.24) is 4.31 Å². The minimum absolute atomic E-state index is 0.101. The number of furan rings is 1. The first-order valence-corrected chi connectivity index (χ1v) is 12.3. The third kappa shape index (κ3) is 4.99. The van der Waals surface area contributed by atoms with Crippen molar-refractivity contribution in [3.63, 3.8) is 0 Å². The zero-order valence-corrected chi connectivity index (χ0v) is 20.8. The maximum Gasteiger partial charge on any atom is 0.341 e. The molecule has 0 N–H and O–H groups in total. The molecule has 0 aliphatic carbocycles. The van der Waals surface area contributed by atoms with Gasteiger partial charge in [0.2, 0.25) is 10.0 Å². The quantitative estimate of drug-likeness (QED) is 0.584. The van der Waals surface area contributed by atoms with Gasteiger partial charge in [-0.15, -0.1) is 0 Å². The number of methoxy groups -OCH3 is 1. The van der Waals surface area contributed by atoms with Crippen LogP contribution in [0.2, 0.25) is 0 Å². The molecular weight excluding hydrogens is 446 g/mol. The molecule has 0 atom stereocenters. The molecule has 1 aliphatic rings. The lowest BCUT2D eigenvalue weighted by molar-refractivity contribution is -0.151. The molecule has 1 saturated heterocycles. The van der Waals surface area contributed by atoms with Crippen molar-refractivity contribution in [2.75, 3.05) is 20.2 Å². The molecule has 0 bridgehead atoms. The average Bonchev–Trinajstić information content (AvgIpc) is 3.16. The summed E-state index contributed by atoms with van der Waals surface area (Å²) in [6, 6.07) is 3.50. The van der Waals surface area contributed by atoms with Crippen LogP contribution in [0.4, 0.5) is 0 Å². The smallest absolute Gasteiger partial charge is 0.341 e. The number of carbonyl (C=O) groups is 2. The summed E-state index contributed by atoms with van der Waals surface area (Å²) in [5.74, 6) is -0.574. The van der Waals surface area contributed by atoms with Gasteiger partial charge in [-0.25, -0.2) is 13.2 Å². The van der Waals surface area contributed by atoms with Gasteiger partial charge in [-0.1, -0.05) is 6.07 Å². The minimum Gasteiger partial charge on any atom is -0.465 e. The summed E-state index contributed by atoms with van der Waals surface area (Å²) in [6.45, 7) is 9.53. The molecule has 180 valence electrons. The zero-order valence-electron chi connectivity index (χ0n) is 20.0. The minimum atomic E-state index is -3.66. The fourth-order valence-corrected chi connectivity index (χ4v) is 6.26. The highest BCUT2D eigenvalue weighted by Gasteiger charge is 2.35. The topological polar surface area (TPSA) is 103 Å². The Labute approximate surface area is 194 Å². The Balaban J connectivity index is 1.63. The second-order valence-electron chi connectivity index (χ2n) is 8.55. The molecule has 1 fully saturated rings. The molecule has 1 aliphatic heterocycles. The van der Waals surface area contributed by atoms with Gasteiger partial charge in [-0.05, 0) is 75.8 Å². The standard InChI is InChI=1S/C24H31NO7S/c1-14-11-15(2)17(4)22(16(14)3)33(28,29)25-9-7-19(8-10-25)23(26)31-13-20-12-21(18(5)32-20)24(27)30-6/h11-12,19H,7-10,13H2,1-6H3. The van der Waals surface area contributed by atoms with E-state index < -0.39 is 27.9 Å². The van der Waals surface area contributed by atoms with Crippen LogP contribution in [0, 0.1) is 40.5 Å². The van der Waals surface area contributed by atoms with E-state index in [0.29, 0.717) is 34.8 Å². The molecule has 9 heteroatoms. The summed E-state index contributed by atoms with van der Waals surface area (Å²) in [6.07, 6.45) is 0.761. The van der Waals surface area contributed by atoms with Crippen LogP contribution in [-0.4, -0.2) is 44.9 Å². The van der Waals surface area contributed by atoms with E-state index in [1.807, 2.05) is 33.8 Å². The number of sulfonamides is 1. The van der Waals surface area contributed by atoms with Crippen LogP contribution in [0.25, 0.3) is 0 Å². The zero-order chi connectivity index (χ0) is 24.5. The molecule has 8 nitrogen and oxygen atoms in total. The Morgan fingerprint density at radius 3 is 2.15 bits per heavy atom. The van der Waals surface area contributed by atoms with Crippen LogP contribution in [0.1, 0.15) is 57.0 Å². The second kappa shape index (κ2) is 9.69. The van der Waals surface area contributed by atoms with Gasteiger partial charge in [-0.2, -0.15) is 4.31 Å². The Morgan fingerprint density at radius 2 is 1.61 bits per heavy atom. The fraction of sp³-hybridized carbons (Fsp3) is 0.500. The lowest BCUT2D eigenvalue weighted by Gasteiger charge is -2.31. The third-order valence-electron chi connectivity index (χ3n) is 6.41. The predicted octanol–water partition coefficient (Wildman–Crippen LogP) is 3.75. The van der Waals surface area contributed by atoms with Crippen molar-refractivity contribution < 1.29 is 31.9 Å². The van der Waals surface area contributed by atoms with Crippen LogP contribution >= 0.6 is 0 Å². The summed E-state index contributed by atoms with van der Waals surface area (Å²) in [4.78, 5) is 24.6. The molecule has 33 heavy (non-hydrogen) atoms. The van der Waals surface area contributed by atoms with Crippen molar-refractivity contribution in [2.24, 2.45) is 5.92 Å². The predicted molar refractivity (Wildman–Crippen MR) is 121 cm³/mol. The highest BCUT2D eigenvalue weighted by molar-refractivity contribution is 7.89. The number of rotatable bonds is 6. The Hall–Kier alpha value is -2.65. The first kappa shape index (κ1) is 25.0. The first-order valence-electron chi connectivity index (χ1n) is 10.9. The molecule has 0 unspecified atom stereocenters. The molecule has 1 aromatic carbocycles. The van der Waals surface area contributed by atoms with E-state index in [4.69, 9.17) is 9.15 Å². The number of nitrogens with zero attached hydrogens (tertiary/aromatic N) is 1. The van der Waals surface area contributed by atoms with E-state index in [1.165, 1.54) is 17.5 Å². The molecule has 0 spiro atoms. The summed E-state index contributed by atoms with van der Waals surface area (Å²) in [5.41, 5.74) is 3.70. The van der Waals surface area contributed by atoms with E-state index >= 15 is 0 Å². The Kier molecular flexibility index (Phi) is 7.33. The molecule has 0 amide bonds. The molecule has 1 aromatic heterocycles. The number of ether oxygens (including phenoxy) is 2. The van der Waals surface area contributed by atoms with Crippen LogP contribution in [0.5, 0.6) is 0 Å². The largest absolute Gasteiger partial charge is 0.465 e. The van der Waals surface area contributed by atoms with Crippen LogP contribution in [0.15, 0.2) is 21.4 Å². The van der Waals surface area contributed by atoms with E-state index in [-0.39, 0.29) is 19.7 Å². The van der Waals surface area contributed by atoms with E-state index in [1.54, 1.807) is 6.92 Å². The SMILES string of the molecule is COC(=O)c1cc(COC(=O)C2CCN(S(=O)(=O)c3c(C)c(C)cc(C)c3C)CC2)oc1C. The molecule has 2 aromatic rings. The van der Waals surface area contributed by atoms with Crippen molar-refractivity contribution in [1.29, 1.82) is 0 Å². The maximum absolute atomic E-state index is 13.4. The number of piperidine rings is 1. The summed E-state index contributed by atoms with van der Waals surface area (Å²) < 4.78 is 43.8. The highest BCUT2D eigenvalue weighted by Crippen LogP contribution is 2.31. The van der Waals surface area contributed by atoms with Crippen molar-refractivity contribution in [3.8, 4) is 0 Å². The van der Waals surface area contributed by atoms with Crippen LogP contribution < -0.4 is 0 Å². The van der Waals surface area contributed by atoms with Crippen LogP contribution in [0.3, 0.4) is 0 Å². The summed E-state index contributed by atoms with van der Waals surface area (Å²) >= 11 is 0.